The van der Waals surface area contributed by atoms with Crippen LogP contribution in [0.1, 0.15) is 53.0 Å². The van der Waals surface area contributed by atoms with Crippen molar-refractivity contribution in [1.82, 2.24) is 19.8 Å². The Morgan fingerprint density at radius 2 is 1.67 bits per heavy atom. The molecular formula is C37H36F3N5O4. The molecule has 0 saturated heterocycles. The van der Waals surface area contributed by atoms with E-state index >= 15 is 0 Å². The van der Waals surface area contributed by atoms with Gasteiger partial charge in [0.25, 0.3) is 11.6 Å². The number of rotatable bonds is 13. The molecule has 0 fully saturated rings. The summed E-state index contributed by atoms with van der Waals surface area (Å²) in [7, 11) is 0. The SMILES string of the molecule is CC[C@H](C)[C@@H](CN(Cc1cccc2ccccc12)C(=O)c1ccccc1C(F)(F)F)NC(=O)Cc1cncn1Cc1ccc([N+](=O)[O-])cc1. The first kappa shape index (κ1) is 34.8. The molecule has 0 saturated carbocycles. The smallest absolute Gasteiger partial charge is 0.351 e. The Morgan fingerprint density at radius 1 is 0.980 bits per heavy atom. The Morgan fingerprint density at radius 3 is 2.39 bits per heavy atom. The predicted molar refractivity (Wildman–Crippen MR) is 180 cm³/mol. The van der Waals surface area contributed by atoms with Crippen LogP contribution in [0.25, 0.3) is 10.8 Å². The monoisotopic (exact) mass is 671 g/mol. The van der Waals surface area contributed by atoms with E-state index in [1.54, 1.807) is 29.2 Å². The minimum Gasteiger partial charge on any atom is -0.351 e. The van der Waals surface area contributed by atoms with Crippen molar-refractivity contribution in [2.75, 3.05) is 6.54 Å². The number of carbonyl (C=O) groups excluding carboxylic acids is 2. The number of halogens is 3. The molecule has 0 aliphatic carbocycles. The van der Waals surface area contributed by atoms with Gasteiger partial charge in [0.05, 0.1) is 28.8 Å². The summed E-state index contributed by atoms with van der Waals surface area (Å²) < 4.78 is 44.0. The highest BCUT2D eigenvalue weighted by atomic mass is 19.4. The van der Waals surface area contributed by atoms with Gasteiger partial charge in [0.2, 0.25) is 5.91 Å². The zero-order valence-electron chi connectivity index (χ0n) is 27.1. The number of hydrogen-bond donors (Lipinski definition) is 1. The van der Waals surface area contributed by atoms with Gasteiger partial charge in [-0.3, -0.25) is 19.7 Å². The number of carbonyl (C=O) groups is 2. The number of nitro benzene ring substituents is 1. The van der Waals surface area contributed by atoms with Crippen molar-refractivity contribution in [3.63, 3.8) is 0 Å². The van der Waals surface area contributed by atoms with Crippen LogP contribution < -0.4 is 5.32 Å². The van der Waals surface area contributed by atoms with Crippen molar-refractivity contribution in [2.45, 2.75) is 52.0 Å². The van der Waals surface area contributed by atoms with Crippen LogP contribution in [-0.2, 0) is 30.5 Å². The number of fused-ring (bicyclic) bond motifs is 1. The molecule has 4 aromatic carbocycles. The largest absolute Gasteiger partial charge is 0.417 e. The quantitative estimate of drug-likeness (QED) is 0.103. The van der Waals surface area contributed by atoms with Gasteiger partial charge < -0.3 is 14.8 Å². The molecule has 5 aromatic rings. The molecule has 0 radical (unpaired) electrons. The Labute approximate surface area is 281 Å². The topological polar surface area (TPSA) is 110 Å². The van der Waals surface area contributed by atoms with E-state index < -0.39 is 34.2 Å². The van der Waals surface area contributed by atoms with Crippen LogP contribution in [0.4, 0.5) is 18.9 Å². The summed E-state index contributed by atoms with van der Waals surface area (Å²) in [5, 5.41) is 15.9. The molecular weight excluding hydrogens is 635 g/mol. The number of non-ortho nitro benzene ring substituents is 1. The number of benzene rings is 4. The number of amides is 2. The van der Waals surface area contributed by atoms with Crippen LogP contribution in [0.2, 0.25) is 0 Å². The fourth-order valence-corrected chi connectivity index (χ4v) is 5.81. The van der Waals surface area contributed by atoms with Crippen molar-refractivity contribution in [2.24, 2.45) is 5.92 Å². The molecule has 0 aliphatic rings. The third kappa shape index (κ3) is 8.50. The van der Waals surface area contributed by atoms with Crippen LogP contribution in [0, 0.1) is 16.0 Å². The zero-order valence-corrected chi connectivity index (χ0v) is 27.1. The highest BCUT2D eigenvalue weighted by molar-refractivity contribution is 5.96. The normalized spacial score (nSPS) is 12.8. The van der Waals surface area contributed by atoms with E-state index in [4.69, 9.17) is 0 Å². The second kappa shape index (κ2) is 15.1. The van der Waals surface area contributed by atoms with E-state index in [0.29, 0.717) is 18.7 Å². The molecule has 9 nitrogen and oxygen atoms in total. The second-order valence-corrected chi connectivity index (χ2v) is 12.0. The van der Waals surface area contributed by atoms with Gasteiger partial charge in [0.1, 0.15) is 0 Å². The average Bonchev–Trinajstić information content (AvgIpc) is 3.52. The third-order valence-corrected chi connectivity index (χ3v) is 8.73. The highest BCUT2D eigenvalue weighted by Crippen LogP contribution is 2.33. The summed E-state index contributed by atoms with van der Waals surface area (Å²) in [6, 6.07) is 23.5. The standard InChI is InChI=1S/C37H36F3N5O4/c1-3-25(2)34(42-35(46)19-30-20-41-24-44(30)21-26-15-17-29(18-16-26)45(48)49)23-43(22-28-11-8-10-27-9-4-5-12-31(27)28)36(47)32-13-6-7-14-33(32)37(38,39)40/h4-18,20,24-25,34H,3,19,21-23H2,1-2H3,(H,42,46)/t25-,34+/m0/s1. The molecule has 2 amide bonds. The maximum Gasteiger partial charge on any atom is 0.417 e. The Balaban J connectivity index is 1.40. The lowest BCUT2D eigenvalue weighted by Crippen LogP contribution is -2.49. The van der Waals surface area contributed by atoms with Crippen LogP contribution in [0.5, 0.6) is 0 Å². The molecule has 49 heavy (non-hydrogen) atoms. The number of alkyl halides is 3. The van der Waals surface area contributed by atoms with E-state index in [-0.39, 0.29) is 37.0 Å². The molecule has 254 valence electrons. The fraction of sp³-hybridized carbons (Fsp3) is 0.270. The maximum atomic E-state index is 14.1. The first-order chi connectivity index (χ1) is 23.4. The number of nitrogens with one attached hydrogen (secondary N) is 1. The molecule has 12 heteroatoms. The van der Waals surface area contributed by atoms with Gasteiger partial charge in [-0.2, -0.15) is 13.2 Å². The van der Waals surface area contributed by atoms with Gasteiger partial charge in [0.15, 0.2) is 0 Å². The molecule has 0 unspecified atom stereocenters. The van der Waals surface area contributed by atoms with Gasteiger partial charge in [-0.15, -0.1) is 0 Å². The first-order valence-electron chi connectivity index (χ1n) is 15.9. The number of nitro groups is 1. The summed E-state index contributed by atoms with van der Waals surface area (Å²) in [5.74, 6) is -1.26. The van der Waals surface area contributed by atoms with E-state index in [1.165, 1.54) is 35.2 Å². The zero-order chi connectivity index (χ0) is 35.1. The van der Waals surface area contributed by atoms with Gasteiger partial charge in [-0.25, -0.2) is 4.98 Å². The molecule has 0 spiro atoms. The summed E-state index contributed by atoms with van der Waals surface area (Å²) >= 11 is 0. The number of hydrogen-bond acceptors (Lipinski definition) is 5. The Hall–Kier alpha value is -5.52. The minimum atomic E-state index is -4.74. The summed E-state index contributed by atoms with van der Waals surface area (Å²) in [6.45, 7) is 4.20. The predicted octanol–water partition coefficient (Wildman–Crippen LogP) is 7.43. The molecule has 1 aromatic heterocycles. The number of aromatic nitrogens is 2. The average molecular weight is 672 g/mol. The van der Waals surface area contributed by atoms with Crippen molar-refractivity contribution in [1.29, 1.82) is 0 Å². The third-order valence-electron chi connectivity index (χ3n) is 8.73. The Bertz CT molecular complexity index is 1940. The van der Waals surface area contributed by atoms with E-state index in [2.05, 4.69) is 10.3 Å². The van der Waals surface area contributed by atoms with E-state index in [0.717, 1.165) is 28.0 Å². The van der Waals surface area contributed by atoms with Crippen LogP contribution in [0.15, 0.2) is 104 Å². The van der Waals surface area contributed by atoms with Crippen LogP contribution in [-0.4, -0.2) is 43.8 Å². The molecule has 1 heterocycles. The van der Waals surface area contributed by atoms with Crippen molar-refractivity contribution in [3.05, 3.63) is 142 Å². The fourth-order valence-electron chi connectivity index (χ4n) is 5.81. The highest BCUT2D eigenvalue weighted by Gasteiger charge is 2.36. The molecule has 0 aliphatic heterocycles. The first-order valence-corrected chi connectivity index (χ1v) is 15.9. The lowest BCUT2D eigenvalue weighted by atomic mass is 9.96. The van der Waals surface area contributed by atoms with Gasteiger partial charge in [-0.1, -0.05) is 87.0 Å². The van der Waals surface area contributed by atoms with E-state index in [9.17, 15) is 32.9 Å². The lowest BCUT2D eigenvalue weighted by Gasteiger charge is -2.32. The van der Waals surface area contributed by atoms with E-state index in [1.807, 2.05) is 56.3 Å². The number of imidazole rings is 1. The molecule has 5 rings (SSSR count). The summed E-state index contributed by atoms with van der Waals surface area (Å²) in [4.78, 5) is 43.7. The second-order valence-electron chi connectivity index (χ2n) is 12.0. The molecule has 1 N–H and O–H groups in total. The van der Waals surface area contributed by atoms with Gasteiger partial charge in [0, 0.05) is 49.7 Å². The number of nitrogens with zero attached hydrogens (tertiary/aromatic N) is 4. The summed E-state index contributed by atoms with van der Waals surface area (Å²) in [6.07, 6.45) is -1.02. The molecule has 0 bridgehead atoms. The Kier molecular flexibility index (Phi) is 10.8. The summed E-state index contributed by atoms with van der Waals surface area (Å²) in [5.41, 5.74) is 0.638. The van der Waals surface area contributed by atoms with Crippen molar-refractivity contribution >= 4 is 28.3 Å². The minimum absolute atomic E-state index is 0.0250. The maximum absolute atomic E-state index is 14.1. The van der Waals surface area contributed by atoms with Crippen molar-refractivity contribution in [3.8, 4) is 0 Å². The van der Waals surface area contributed by atoms with Crippen LogP contribution in [0.3, 0.4) is 0 Å². The molecule has 2 atom stereocenters. The van der Waals surface area contributed by atoms with Gasteiger partial charge in [-0.05, 0) is 39.9 Å². The lowest BCUT2D eigenvalue weighted by molar-refractivity contribution is -0.384. The van der Waals surface area contributed by atoms with Gasteiger partial charge >= 0.3 is 6.18 Å². The van der Waals surface area contributed by atoms with Crippen molar-refractivity contribution < 1.29 is 27.7 Å². The van der Waals surface area contributed by atoms with Crippen LogP contribution >= 0.6 is 0 Å².